The van der Waals surface area contributed by atoms with Crippen LogP contribution in [0.25, 0.3) is 11.1 Å². The Morgan fingerprint density at radius 1 is 1.37 bits per heavy atom. The molecule has 0 amide bonds. The van der Waals surface area contributed by atoms with Crippen molar-refractivity contribution in [3.05, 3.63) is 32.3 Å². The minimum atomic E-state index is -0.315. The van der Waals surface area contributed by atoms with Crippen molar-refractivity contribution in [3.63, 3.8) is 0 Å². The van der Waals surface area contributed by atoms with Gasteiger partial charge < -0.3 is 9.15 Å². The zero-order valence-electron chi connectivity index (χ0n) is 11.2. The van der Waals surface area contributed by atoms with E-state index in [1.165, 1.54) is 0 Å². The van der Waals surface area contributed by atoms with Crippen LogP contribution in [0.5, 0.6) is 0 Å². The van der Waals surface area contributed by atoms with Gasteiger partial charge in [0.2, 0.25) is 0 Å². The molecule has 2 rings (SSSR count). The predicted octanol–water partition coefficient (Wildman–Crippen LogP) is 3.26. The molecule has 0 atom stereocenters. The monoisotopic (exact) mass is 375 g/mol. The van der Waals surface area contributed by atoms with E-state index >= 15 is 0 Å². The summed E-state index contributed by atoms with van der Waals surface area (Å²) in [5, 5.41) is 0. The van der Waals surface area contributed by atoms with Gasteiger partial charge in [0.1, 0.15) is 0 Å². The zero-order valence-corrected chi connectivity index (χ0v) is 13.3. The Kier molecular flexibility index (Phi) is 5.04. The standard InChI is InChI=1S/C14H18INO3/c1-10(2)5-7-18-8-6-16-12-4-3-11(15)9-13(12)19-14(16)17/h3-4,9-10H,5-8H2,1-2H3. The van der Waals surface area contributed by atoms with Crippen molar-refractivity contribution in [3.8, 4) is 0 Å². The minimum absolute atomic E-state index is 0.315. The second-order valence-electron chi connectivity index (χ2n) is 4.93. The van der Waals surface area contributed by atoms with Crippen molar-refractivity contribution in [2.24, 2.45) is 5.92 Å². The first-order chi connectivity index (χ1) is 9.08. The minimum Gasteiger partial charge on any atom is -0.408 e. The van der Waals surface area contributed by atoms with E-state index in [-0.39, 0.29) is 5.76 Å². The van der Waals surface area contributed by atoms with Gasteiger partial charge in [-0.05, 0) is 53.1 Å². The summed E-state index contributed by atoms with van der Waals surface area (Å²) < 4.78 is 13.4. The second kappa shape index (κ2) is 6.56. The van der Waals surface area contributed by atoms with Gasteiger partial charge in [-0.1, -0.05) is 13.8 Å². The largest absolute Gasteiger partial charge is 0.420 e. The molecule has 0 unspecified atom stereocenters. The number of fused-ring (bicyclic) bond motifs is 1. The fraction of sp³-hybridized carbons (Fsp3) is 0.500. The SMILES string of the molecule is CC(C)CCOCCn1c(=O)oc2cc(I)ccc21. The lowest BCUT2D eigenvalue weighted by Gasteiger charge is -2.06. The molecule has 0 bridgehead atoms. The number of nitrogens with zero attached hydrogens (tertiary/aromatic N) is 1. The van der Waals surface area contributed by atoms with Crippen LogP contribution in [0.1, 0.15) is 20.3 Å². The summed E-state index contributed by atoms with van der Waals surface area (Å²) in [6.45, 7) is 6.13. The van der Waals surface area contributed by atoms with Crippen LogP contribution in [0.15, 0.2) is 27.4 Å². The summed E-state index contributed by atoms with van der Waals surface area (Å²) in [7, 11) is 0. The first-order valence-electron chi connectivity index (χ1n) is 6.44. The van der Waals surface area contributed by atoms with Crippen LogP contribution in [0.2, 0.25) is 0 Å². The predicted molar refractivity (Wildman–Crippen MR) is 83.5 cm³/mol. The van der Waals surface area contributed by atoms with E-state index in [1.807, 2.05) is 18.2 Å². The molecular weight excluding hydrogens is 357 g/mol. The first kappa shape index (κ1) is 14.6. The molecular formula is C14H18INO3. The van der Waals surface area contributed by atoms with Crippen molar-refractivity contribution >= 4 is 33.7 Å². The Morgan fingerprint density at radius 2 is 2.16 bits per heavy atom. The van der Waals surface area contributed by atoms with Crippen LogP contribution in [-0.4, -0.2) is 17.8 Å². The van der Waals surface area contributed by atoms with Crippen molar-refractivity contribution < 1.29 is 9.15 Å². The topological polar surface area (TPSA) is 44.4 Å². The third kappa shape index (κ3) is 3.82. The maximum atomic E-state index is 11.8. The van der Waals surface area contributed by atoms with Gasteiger partial charge in [-0.2, -0.15) is 0 Å². The molecule has 0 N–H and O–H groups in total. The Labute approximate surface area is 125 Å². The molecule has 0 fully saturated rings. The summed E-state index contributed by atoms with van der Waals surface area (Å²) >= 11 is 2.20. The van der Waals surface area contributed by atoms with E-state index in [0.29, 0.717) is 24.7 Å². The molecule has 1 heterocycles. The number of ether oxygens (including phenoxy) is 1. The quantitative estimate of drug-likeness (QED) is 0.575. The van der Waals surface area contributed by atoms with Gasteiger partial charge in [-0.15, -0.1) is 0 Å². The Balaban J connectivity index is 2.00. The highest BCUT2D eigenvalue weighted by molar-refractivity contribution is 14.1. The van der Waals surface area contributed by atoms with Crippen molar-refractivity contribution in [1.29, 1.82) is 0 Å². The van der Waals surface area contributed by atoms with Gasteiger partial charge in [0, 0.05) is 10.2 Å². The molecule has 0 spiro atoms. The van der Waals surface area contributed by atoms with Gasteiger partial charge in [0.25, 0.3) is 0 Å². The van der Waals surface area contributed by atoms with Crippen molar-refractivity contribution in [2.45, 2.75) is 26.8 Å². The number of benzene rings is 1. The molecule has 0 aliphatic heterocycles. The van der Waals surface area contributed by atoms with Crippen LogP contribution in [0.3, 0.4) is 0 Å². The van der Waals surface area contributed by atoms with Crippen molar-refractivity contribution in [1.82, 2.24) is 4.57 Å². The lowest BCUT2D eigenvalue weighted by molar-refractivity contribution is 0.115. The summed E-state index contributed by atoms with van der Waals surface area (Å²) in [5.74, 6) is 0.323. The van der Waals surface area contributed by atoms with Gasteiger partial charge in [0.05, 0.1) is 18.7 Å². The summed E-state index contributed by atoms with van der Waals surface area (Å²) in [6, 6.07) is 5.75. The van der Waals surface area contributed by atoms with Gasteiger partial charge >= 0.3 is 5.76 Å². The van der Waals surface area contributed by atoms with E-state index in [0.717, 1.165) is 22.1 Å². The number of halogens is 1. The average molecular weight is 375 g/mol. The molecule has 2 aromatic rings. The first-order valence-corrected chi connectivity index (χ1v) is 7.52. The maximum absolute atomic E-state index is 11.8. The zero-order chi connectivity index (χ0) is 13.8. The summed E-state index contributed by atoms with van der Waals surface area (Å²) in [5.41, 5.74) is 1.47. The number of rotatable bonds is 6. The summed E-state index contributed by atoms with van der Waals surface area (Å²) in [6.07, 6.45) is 1.04. The number of aromatic nitrogens is 1. The molecule has 19 heavy (non-hydrogen) atoms. The van der Waals surface area contributed by atoms with Gasteiger partial charge in [-0.3, -0.25) is 4.57 Å². The lowest BCUT2D eigenvalue weighted by Crippen LogP contribution is -2.17. The van der Waals surface area contributed by atoms with Crippen LogP contribution >= 0.6 is 22.6 Å². The number of oxazole rings is 1. The number of hydrogen-bond donors (Lipinski definition) is 0. The van der Waals surface area contributed by atoms with Crippen LogP contribution < -0.4 is 5.76 Å². The van der Waals surface area contributed by atoms with E-state index in [2.05, 4.69) is 36.4 Å². The van der Waals surface area contributed by atoms with Crippen LogP contribution in [0, 0.1) is 9.49 Å². The third-order valence-electron chi connectivity index (χ3n) is 2.93. The highest BCUT2D eigenvalue weighted by Crippen LogP contribution is 2.16. The van der Waals surface area contributed by atoms with Gasteiger partial charge in [-0.25, -0.2) is 4.79 Å². The van der Waals surface area contributed by atoms with Crippen molar-refractivity contribution in [2.75, 3.05) is 13.2 Å². The second-order valence-corrected chi connectivity index (χ2v) is 6.17. The highest BCUT2D eigenvalue weighted by Gasteiger charge is 2.09. The Bertz CT molecular complexity index is 600. The molecule has 0 radical (unpaired) electrons. The summed E-state index contributed by atoms with van der Waals surface area (Å²) in [4.78, 5) is 11.8. The third-order valence-corrected chi connectivity index (χ3v) is 3.60. The van der Waals surface area contributed by atoms with E-state index in [9.17, 15) is 4.79 Å². The Morgan fingerprint density at radius 3 is 2.89 bits per heavy atom. The van der Waals surface area contributed by atoms with Crippen LogP contribution in [-0.2, 0) is 11.3 Å². The van der Waals surface area contributed by atoms with E-state index < -0.39 is 0 Å². The smallest absolute Gasteiger partial charge is 0.408 e. The molecule has 5 heteroatoms. The fourth-order valence-corrected chi connectivity index (χ4v) is 2.29. The fourth-order valence-electron chi connectivity index (χ4n) is 1.83. The average Bonchev–Trinajstić information content (AvgIpc) is 2.64. The van der Waals surface area contributed by atoms with E-state index in [1.54, 1.807) is 4.57 Å². The molecule has 0 aliphatic carbocycles. The lowest BCUT2D eigenvalue weighted by atomic mass is 10.1. The molecule has 4 nitrogen and oxygen atoms in total. The molecule has 0 aliphatic rings. The van der Waals surface area contributed by atoms with Gasteiger partial charge in [0.15, 0.2) is 5.58 Å². The molecule has 0 saturated carbocycles. The number of hydrogen-bond acceptors (Lipinski definition) is 3. The molecule has 104 valence electrons. The normalized spacial score (nSPS) is 11.6. The highest BCUT2D eigenvalue weighted by atomic mass is 127. The van der Waals surface area contributed by atoms with Crippen LogP contribution in [0.4, 0.5) is 0 Å². The molecule has 0 saturated heterocycles. The Hall–Kier alpha value is -0.820. The molecule has 1 aromatic carbocycles. The maximum Gasteiger partial charge on any atom is 0.420 e. The molecule has 1 aromatic heterocycles. The van der Waals surface area contributed by atoms with E-state index in [4.69, 9.17) is 9.15 Å².